The van der Waals surface area contributed by atoms with Crippen LogP contribution in [-0.4, -0.2) is 13.9 Å². The molecule has 3 heterocycles. The zero-order valence-electron chi connectivity index (χ0n) is 29.7. The normalized spacial score (nSPS) is 12.1. The number of hydrogen-bond donors (Lipinski definition) is 0. The van der Waals surface area contributed by atoms with Crippen LogP contribution in [0.4, 0.5) is 0 Å². The number of furan rings is 1. The fraction of sp³-hybridized carbons (Fsp3) is 0.0833. The second kappa shape index (κ2) is 12.1. The van der Waals surface area contributed by atoms with Gasteiger partial charge >= 0.3 is 0 Å². The Kier molecular flexibility index (Phi) is 7.21. The molecule has 10 rings (SSSR count). The van der Waals surface area contributed by atoms with Gasteiger partial charge in [-0.05, 0) is 99.4 Å². The van der Waals surface area contributed by atoms with Crippen molar-refractivity contribution in [3.8, 4) is 49.9 Å². The zero-order chi connectivity index (χ0) is 35.7. The number of aromatic nitrogens is 3. The van der Waals surface area contributed by atoms with Crippen LogP contribution in [0.5, 0.6) is 0 Å². The molecule has 0 aliphatic heterocycles. The van der Waals surface area contributed by atoms with Crippen LogP contribution < -0.4 is 0 Å². The first-order valence-corrected chi connectivity index (χ1v) is 18.8. The highest BCUT2D eigenvalue weighted by Gasteiger charge is 2.17. The first-order chi connectivity index (χ1) is 25.9. The van der Waals surface area contributed by atoms with Gasteiger partial charge in [0.25, 0.3) is 0 Å². The van der Waals surface area contributed by atoms with E-state index >= 15 is 0 Å². The first-order valence-electron chi connectivity index (χ1n) is 18.0. The first kappa shape index (κ1) is 31.4. The molecule has 53 heavy (non-hydrogen) atoms. The van der Waals surface area contributed by atoms with Crippen LogP contribution in [0.3, 0.4) is 0 Å². The molecule has 0 aliphatic carbocycles. The van der Waals surface area contributed by atoms with Crippen LogP contribution in [0.25, 0.3) is 93.6 Å². The van der Waals surface area contributed by atoms with Gasteiger partial charge in [0.05, 0.1) is 11.0 Å². The van der Waals surface area contributed by atoms with Gasteiger partial charge in [0.15, 0.2) is 5.82 Å². The van der Waals surface area contributed by atoms with E-state index in [1.165, 1.54) is 50.0 Å². The third-order valence-corrected chi connectivity index (χ3v) is 11.1. The van der Waals surface area contributed by atoms with Crippen molar-refractivity contribution in [1.82, 2.24) is 13.9 Å². The van der Waals surface area contributed by atoms with Crippen LogP contribution >= 0.6 is 11.5 Å². The predicted molar refractivity (Wildman–Crippen MR) is 222 cm³/mol. The Labute approximate surface area is 311 Å². The van der Waals surface area contributed by atoms with Gasteiger partial charge in [0, 0.05) is 38.4 Å². The topological polar surface area (TPSA) is 43.9 Å². The summed E-state index contributed by atoms with van der Waals surface area (Å²) in [6, 6.07) is 56.4. The van der Waals surface area contributed by atoms with E-state index in [9.17, 15) is 0 Å². The molecule has 0 amide bonds. The van der Waals surface area contributed by atoms with E-state index in [4.69, 9.17) is 13.8 Å². The van der Waals surface area contributed by atoms with Crippen molar-refractivity contribution >= 4 is 55.3 Å². The van der Waals surface area contributed by atoms with E-state index in [1.54, 1.807) is 0 Å². The summed E-state index contributed by atoms with van der Waals surface area (Å²) in [7, 11) is 0. The molecule has 0 bridgehead atoms. The predicted octanol–water partition coefficient (Wildman–Crippen LogP) is 13.5. The molecule has 7 aromatic carbocycles. The van der Waals surface area contributed by atoms with Crippen molar-refractivity contribution in [2.45, 2.75) is 26.2 Å². The monoisotopic (exact) mass is 701 g/mol. The lowest BCUT2D eigenvalue weighted by atomic mass is 9.87. The van der Waals surface area contributed by atoms with Gasteiger partial charge in [-0.25, -0.2) is 4.98 Å². The number of hydrogen-bond acceptors (Lipinski definition) is 4. The average molecular weight is 702 g/mol. The van der Waals surface area contributed by atoms with E-state index in [0.29, 0.717) is 0 Å². The van der Waals surface area contributed by atoms with Gasteiger partial charge in [-0.2, -0.15) is 4.37 Å². The highest BCUT2D eigenvalue weighted by atomic mass is 32.1. The number of fused-ring (bicyclic) bond motifs is 6. The minimum absolute atomic E-state index is 0.112. The molecule has 0 atom stereocenters. The highest BCUT2D eigenvalue weighted by Crippen LogP contribution is 2.38. The molecule has 0 unspecified atom stereocenters. The van der Waals surface area contributed by atoms with Crippen molar-refractivity contribution in [2.75, 3.05) is 0 Å². The van der Waals surface area contributed by atoms with Crippen LogP contribution in [0, 0.1) is 0 Å². The van der Waals surface area contributed by atoms with E-state index in [-0.39, 0.29) is 5.41 Å². The Morgan fingerprint density at radius 1 is 0.491 bits per heavy atom. The zero-order valence-corrected chi connectivity index (χ0v) is 30.5. The van der Waals surface area contributed by atoms with Gasteiger partial charge in [0.1, 0.15) is 16.2 Å². The molecular weight excluding hydrogens is 667 g/mol. The van der Waals surface area contributed by atoms with Crippen molar-refractivity contribution < 1.29 is 4.42 Å². The fourth-order valence-corrected chi connectivity index (χ4v) is 8.26. The summed E-state index contributed by atoms with van der Waals surface area (Å²) in [5, 5.41) is 5.66. The minimum atomic E-state index is 0.112. The molecule has 0 spiro atoms. The maximum atomic E-state index is 6.11. The molecule has 0 N–H and O–H groups in total. The van der Waals surface area contributed by atoms with Crippen LogP contribution in [0.2, 0.25) is 0 Å². The average Bonchev–Trinajstić information content (AvgIpc) is 3.92. The standard InChI is InChI=1S/C48H35N3OS/c1-48(2,3)36-22-18-30(19-23-36)47-49-46(50-53-47)35-12-8-10-31(26-35)32-11-9-13-37(27-32)51-42-16-6-4-14-38(42)40-28-33(20-24-43(40)51)34-21-25-45-41(29-34)39-15-5-7-17-44(39)52-45/h4-29H,1-3H3. The molecule has 3 aromatic heterocycles. The maximum absolute atomic E-state index is 6.11. The lowest BCUT2D eigenvalue weighted by Crippen LogP contribution is -2.10. The molecule has 10 aromatic rings. The van der Waals surface area contributed by atoms with Gasteiger partial charge in [-0.3, -0.25) is 0 Å². The van der Waals surface area contributed by atoms with Crippen molar-refractivity contribution in [2.24, 2.45) is 0 Å². The fourth-order valence-electron chi connectivity index (χ4n) is 7.57. The molecule has 0 fully saturated rings. The highest BCUT2D eigenvalue weighted by molar-refractivity contribution is 7.09. The number of rotatable bonds is 5. The Hall–Kier alpha value is -6.30. The summed E-state index contributed by atoms with van der Waals surface area (Å²) in [6.45, 7) is 6.70. The van der Waals surface area contributed by atoms with Gasteiger partial charge in [0.2, 0.25) is 0 Å². The summed E-state index contributed by atoms with van der Waals surface area (Å²) in [5.74, 6) is 0.751. The number of nitrogens with zero attached hydrogens (tertiary/aromatic N) is 3. The second-order valence-corrected chi connectivity index (χ2v) is 15.5. The van der Waals surface area contributed by atoms with Crippen molar-refractivity contribution in [1.29, 1.82) is 0 Å². The summed E-state index contributed by atoms with van der Waals surface area (Å²) >= 11 is 1.45. The summed E-state index contributed by atoms with van der Waals surface area (Å²) in [4.78, 5) is 4.96. The summed E-state index contributed by atoms with van der Waals surface area (Å²) in [6.07, 6.45) is 0. The molecule has 0 radical (unpaired) electrons. The Morgan fingerprint density at radius 2 is 1.11 bits per heavy atom. The Morgan fingerprint density at radius 3 is 1.94 bits per heavy atom. The SMILES string of the molecule is CC(C)(C)c1ccc(-c2nc(-c3cccc(-c4cccc(-n5c6ccccc6c6cc(-c7ccc8oc9ccccc9c8c7)ccc65)c4)c3)ns2)cc1. The van der Waals surface area contributed by atoms with Crippen LogP contribution in [0.1, 0.15) is 26.3 Å². The third kappa shape index (κ3) is 5.44. The van der Waals surface area contributed by atoms with Gasteiger partial charge < -0.3 is 8.98 Å². The van der Waals surface area contributed by atoms with E-state index in [0.717, 1.165) is 60.7 Å². The maximum Gasteiger partial charge on any atom is 0.173 e. The van der Waals surface area contributed by atoms with Gasteiger partial charge in [-0.15, -0.1) is 0 Å². The van der Waals surface area contributed by atoms with Crippen LogP contribution in [-0.2, 0) is 5.41 Å². The van der Waals surface area contributed by atoms with E-state index < -0.39 is 0 Å². The third-order valence-electron chi connectivity index (χ3n) is 10.4. The van der Waals surface area contributed by atoms with Gasteiger partial charge in [-0.1, -0.05) is 124 Å². The molecule has 0 aliphatic rings. The molecule has 254 valence electrons. The van der Waals surface area contributed by atoms with Crippen LogP contribution in [0.15, 0.2) is 162 Å². The van der Waals surface area contributed by atoms with Crippen molar-refractivity contribution in [3.05, 3.63) is 163 Å². The lowest BCUT2D eigenvalue weighted by Gasteiger charge is -2.18. The Bertz CT molecular complexity index is 2990. The summed E-state index contributed by atoms with van der Waals surface area (Å²) < 4.78 is 13.3. The smallest absolute Gasteiger partial charge is 0.173 e. The molecule has 4 nitrogen and oxygen atoms in total. The molecule has 0 saturated carbocycles. The summed E-state index contributed by atoms with van der Waals surface area (Å²) in [5.41, 5.74) is 13.4. The second-order valence-electron chi connectivity index (χ2n) is 14.8. The molecular formula is C48H35N3OS. The minimum Gasteiger partial charge on any atom is -0.456 e. The Balaban J connectivity index is 1.01. The van der Waals surface area contributed by atoms with E-state index in [2.05, 4.69) is 171 Å². The molecule has 5 heteroatoms. The largest absolute Gasteiger partial charge is 0.456 e. The lowest BCUT2D eigenvalue weighted by molar-refractivity contribution is 0.590. The number of para-hydroxylation sites is 2. The quantitative estimate of drug-likeness (QED) is 0.179. The van der Waals surface area contributed by atoms with Crippen molar-refractivity contribution in [3.63, 3.8) is 0 Å². The van der Waals surface area contributed by atoms with E-state index in [1.807, 2.05) is 12.1 Å². The molecule has 0 saturated heterocycles. The number of benzene rings is 7.